The fourth-order valence-electron chi connectivity index (χ4n) is 10.4. The van der Waals surface area contributed by atoms with Crippen LogP contribution >= 0.6 is 7.82 Å². The van der Waals surface area contributed by atoms with Gasteiger partial charge in [0, 0.05) is 12.8 Å². The number of ether oxygens (including phenoxy) is 2. The molecule has 0 aliphatic rings. The van der Waals surface area contributed by atoms with E-state index in [-0.39, 0.29) is 25.6 Å². The van der Waals surface area contributed by atoms with Crippen molar-refractivity contribution in [2.45, 2.75) is 360 Å². The van der Waals surface area contributed by atoms with E-state index in [1.54, 1.807) is 0 Å². The van der Waals surface area contributed by atoms with Crippen LogP contribution in [0.15, 0.2) is 24.3 Å². The predicted molar refractivity (Wildman–Crippen MR) is 340 cm³/mol. The number of carbonyl (C=O) groups excluding carboxylic acids is 2. The maximum absolute atomic E-state index is 12.9. The van der Waals surface area contributed by atoms with Gasteiger partial charge in [-0.05, 0) is 44.9 Å². The van der Waals surface area contributed by atoms with E-state index in [0.717, 1.165) is 44.9 Å². The molecule has 0 amide bonds. The zero-order valence-electron chi connectivity index (χ0n) is 53.4. The molecule has 0 aliphatic heterocycles. The van der Waals surface area contributed by atoms with E-state index in [9.17, 15) is 19.0 Å². The maximum atomic E-state index is 12.9. The minimum atomic E-state index is -4.38. The summed E-state index contributed by atoms with van der Waals surface area (Å²) in [5.41, 5.74) is 0. The monoisotopic (exact) mass is 1140 g/mol. The molecule has 0 bridgehead atoms. The first-order chi connectivity index (χ1) is 38.5. The first-order valence-electron chi connectivity index (χ1n) is 34.6. The molecule has 1 N–H and O–H groups in total. The number of carbonyl (C=O) groups is 2. The zero-order valence-corrected chi connectivity index (χ0v) is 54.3. The molecule has 0 rings (SSSR count). The molecule has 0 fully saturated rings. The van der Waals surface area contributed by atoms with E-state index in [0.29, 0.717) is 17.4 Å². The number of phosphoric acid groups is 1. The van der Waals surface area contributed by atoms with Crippen molar-refractivity contribution in [2.24, 2.45) is 0 Å². The zero-order chi connectivity index (χ0) is 57.7. The number of hydrogen-bond donors (Lipinski definition) is 1. The van der Waals surface area contributed by atoms with Crippen molar-refractivity contribution in [3.63, 3.8) is 0 Å². The number of rotatable bonds is 65. The van der Waals surface area contributed by atoms with Crippen molar-refractivity contribution in [3.8, 4) is 0 Å². The molecule has 9 nitrogen and oxygen atoms in total. The summed E-state index contributed by atoms with van der Waals surface area (Å²) in [6, 6.07) is 0. The number of unbranched alkanes of at least 4 members (excludes halogenated alkanes) is 47. The molecule has 0 saturated carbocycles. The van der Waals surface area contributed by atoms with Crippen molar-refractivity contribution >= 4 is 19.8 Å². The highest BCUT2D eigenvalue weighted by molar-refractivity contribution is 7.47. The van der Waals surface area contributed by atoms with Crippen LogP contribution in [0.1, 0.15) is 354 Å². The third-order valence-electron chi connectivity index (χ3n) is 15.7. The fourth-order valence-corrected chi connectivity index (χ4v) is 11.1. The SMILES string of the molecule is CCCCCCC/C=C\C/C=C\CCCCCCCCCCCCCCCCCCCCCCCCCCCC(=O)OC(COC(=O)CCCCCCCCCCCCCCCCCCCC)COP(=O)(O)OCC[N+](C)(C)C. The standard InChI is InChI=1S/C69H134NO8P/c1-6-8-10-12-14-16-18-20-22-24-26-27-28-29-30-31-32-33-34-35-36-37-38-39-40-41-42-43-44-46-48-50-52-54-56-58-60-62-69(72)78-67(66-77-79(73,74)76-64-63-70(3,4)5)65-75-68(71)61-59-57-55-53-51-49-47-45-25-23-21-19-17-15-13-11-9-7-2/h18,20,24,26,67H,6-17,19,21-23,25,27-66H2,1-5H3/p+1/b20-18-,26-24-. The van der Waals surface area contributed by atoms with Crippen LogP contribution in [0.2, 0.25) is 0 Å². The van der Waals surface area contributed by atoms with Crippen LogP contribution in [-0.2, 0) is 32.7 Å². The molecule has 0 aromatic carbocycles. The fraction of sp³-hybridized carbons (Fsp3) is 0.913. The topological polar surface area (TPSA) is 108 Å². The largest absolute Gasteiger partial charge is 0.472 e. The summed E-state index contributed by atoms with van der Waals surface area (Å²) in [4.78, 5) is 35.8. The normalized spacial score (nSPS) is 13.2. The molecule has 0 heterocycles. The Hall–Kier alpha value is -1.51. The van der Waals surface area contributed by atoms with Gasteiger partial charge in [-0.3, -0.25) is 18.6 Å². The summed E-state index contributed by atoms with van der Waals surface area (Å²) in [5, 5.41) is 0. The number of likely N-dealkylation sites (N-methyl/N-ethyl adjacent to an activating group) is 1. The van der Waals surface area contributed by atoms with E-state index in [4.69, 9.17) is 18.5 Å². The van der Waals surface area contributed by atoms with Gasteiger partial charge in [0.1, 0.15) is 19.8 Å². The number of quaternary nitrogens is 1. The highest BCUT2D eigenvalue weighted by Gasteiger charge is 2.27. The molecule has 10 heteroatoms. The van der Waals surface area contributed by atoms with E-state index >= 15 is 0 Å². The summed E-state index contributed by atoms with van der Waals surface area (Å²) >= 11 is 0. The summed E-state index contributed by atoms with van der Waals surface area (Å²) in [5.74, 6) is -0.773. The van der Waals surface area contributed by atoms with Gasteiger partial charge in [0.25, 0.3) is 0 Å². The van der Waals surface area contributed by atoms with Gasteiger partial charge in [-0.15, -0.1) is 0 Å². The van der Waals surface area contributed by atoms with Gasteiger partial charge in [-0.2, -0.15) is 0 Å². The summed E-state index contributed by atoms with van der Waals surface area (Å²) in [6.07, 6.45) is 75.8. The van der Waals surface area contributed by atoms with E-state index in [2.05, 4.69) is 38.2 Å². The predicted octanol–water partition coefficient (Wildman–Crippen LogP) is 22.1. The number of phosphoric ester groups is 1. The average Bonchev–Trinajstić information content (AvgIpc) is 3.41. The minimum Gasteiger partial charge on any atom is -0.462 e. The van der Waals surface area contributed by atoms with Crippen molar-refractivity contribution in [2.75, 3.05) is 47.5 Å². The molecule has 2 atom stereocenters. The van der Waals surface area contributed by atoms with Crippen LogP contribution in [0, 0.1) is 0 Å². The van der Waals surface area contributed by atoms with E-state index in [1.807, 2.05) is 21.1 Å². The summed E-state index contributed by atoms with van der Waals surface area (Å²) in [6.45, 7) is 4.49. The van der Waals surface area contributed by atoms with Crippen LogP contribution in [0.25, 0.3) is 0 Å². The highest BCUT2D eigenvalue weighted by atomic mass is 31.2. The van der Waals surface area contributed by atoms with Crippen molar-refractivity contribution in [1.82, 2.24) is 0 Å². The van der Waals surface area contributed by atoms with Crippen LogP contribution in [0.4, 0.5) is 0 Å². The Morgan fingerprint density at radius 1 is 0.392 bits per heavy atom. The molecular formula is C69H135NO8P+. The van der Waals surface area contributed by atoms with Crippen LogP contribution < -0.4 is 0 Å². The molecule has 0 aromatic rings. The van der Waals surface area contributed by atoms with Gasteiger partial charge < -0.3 is 18.9 Å². The Labute approximate surface area is 491 Å². The molecule has 2 unspecified atom stereocenters. The second kappa shape index (κ2) is 61.1. The first kappa shape index (κ1) is 77.5. The van der Waals surface area contributed by atoms with Gasteiger partial charge in [0.15, 0.2) is 6.10 Å². The average molecular weight is 1140 g/mol. The van der Waals surface area contributed by atoms with Gasteiger partial charge in [0.05, 0.1) is 27.7 Å². The molecule has 0 aliphatic carbocycles. The third kappa shape index (κ3) is 65.5. The molecule has 0 saturated heterocycles. The highest BCUT2D eigenvalue weighted by Crippen LogP contribution is 2.43. The Balaban J connectivity index is 3.91. The van der Waals surface area contributed by atoms with Crippen LogP contribution in [0.3, 0.4) is 0 Å². The number of esters is 2. The van der Waals surface area contributed by atoms with Gasteiger partial charge in [0.2, 0.25) is 0 Å². The van der Waals surface area contributed by atoms with Crippen LogP contribution in [-0.4, -0.2) is 74.9 Å². The lowest BCUT2D eigenvalue weighted by Crippen LogP contribution is -2.37. The lowest BCUT2D eigenvalue weighted by molar-refractivity contribution is -0.870. The summed E-state index contributed by atoms with van der Waals surface area (Å²) < 4.78 is 34.7. The first-order valence-corrected chi connectivity index (χ1v) is 36.1. The third-order valence-corrected chi connectivity index (χ3v) is 16.7. The second-order valence-electron chi connectivity index (χ2n) is 24.9. The van der Waals surface area contributed by atoms with Gasteiger partial charge in [-0.1, -0.05) is 321 Å². The molecule has 0 aromatic heterocycles. The lowest BCUT2D eigenvalue weighted by Gasteiger charge is -2.24. The quantitative estimate of drug-likeness (QED) is 0.0211. The van der Waals surface area contributed by atoms with Gasteiger partial charge >= 0.3 is 19.8 Å². The Morgan fingerprint density at radius 2 is 0.684 bits per heavy atom. The summed E-state index contributed by atoms with van der Waals surface area (Å²) in [7, 11) is 1.50. The van der Waals surface area contributed by atoms with Gasteiger partial charge in [-0.25, -0.2) is 4.57 Å². The Morgan fingerprint density at radius 3 is 1.00 bits per heavy atom. The van der Waals surface area contributed by atoms with Crippen molar-refractivity contribution in [3.05, 3.63) is 24.3 Å². The Kier molecular flexibility index (Phi) is 59.9. The number of hydrogen-bond acceptors (Lipinski definition) is 7. The van der Waals surface area contributed by atoms with E-state index < -0.39 is 26.5 Å². The Bertz CT molecular complexity index is 1380. The smallest absolute Gasteiger partial charge is 0.462 e. The molecule has 0 spiro atoms. The van der Waals surface area contributed by atoms with Crippen LogP contribution in [0.5, 0.6) is 0 Å². The number of nitrogens with zero attached hydrogens (tertiary/aromatic N) is 1. The number of allylic oxidation sites excluding steroid dienone is 4. The molecule has 0 radical (unpaired) electrons. The van der Waals surface area contributed by atoms with Crippen molar-refractivity contribution < 1.29 is 42.1 Å². The minimum absolute atomic E-state index is 0.0362. The maximum Gasteiger partial charge on any atom is 0.472 e. The van der Waals surface area contributed by atoms with Crippen molar-refractivity contribution in [1.29, 1.82) is 0 Å². The molecular weight excluding hydrogens is 1000 g/mol. The lowest BCUT2D eigenvalue weighted by atomic mass is 10.0. The van der Waals surface area contributed by atoms with E-state index in [1.165, 1.54) is 283 Å². The second-order valence-corrected chi connectivity index (χ2v) is 26.4. The molecule has 79 heavy (non-hydrogen) atoms. The molecule has 468 valence electrons.